The molecule has 0 aliphatic heterocycles. The van der Waals surface area contributed by atoms with Gasteiger partial charge < -0.3 is 19.7 Å². The fraction of sp³-hybridized carbons (Fsp3) is 0.368. The highest BCUT2D eigenvalue weighted by Gasteiger charge is 2.24. The number of quaternary nitrogens is 1. The van der Waals surface area contributed by atoms with Crippen molar-refractivity contribution in [2.24, 2.45) is 15.5 Å². The zero-order valence-electron chi connectivity index (χ0n) is 29.3. The minimum Gasteiger partial charge on any atom is -0.623 e. The van der Waals surface area contributed by atoms with E-state index in [1.807, 2.05) is 73.6 Å². The van der Waals surface area contributed by atoms with Gasteiger partial charge in [-0.25, -0.2) is 0 Å². The quantitative estimate of drug-likeness (QED) is 0.0878. The lowest BCUT2D eigenvalue weighted by atomic mass is 9.81. The Bertz CT molecular complexity index is 1720. The van der Waals surface area contributed by atoms with Crippen LogP contribution >= 0.6 is 0 Å². The summed E-state index contributed by atoms with van der Waals surface area (Å²) in [5.74, 6) is 1.20. The van der Waals surface area contributed by atoms with Crippen LogP contribution in [0.15, 0.2) is 122 Å². The van der Waals surface area contributed by atoms with Crippen molar-refractivity contribution < 1.29 is 14.5 Å². The van der Waals surface area contributed by atoms with E-state index in [1.54, 1.807) is 30.4 Å². The summed E-state index contributed by atoms with van der Waals surface area (Å²) in [6.45, 7) is 18.1. The number of nitrogens with zero attached hydrogens (tertiary/aromatic N) is 3. The van der Waals surface area contributed by atoms with Crippen molar-refractivity contribution in [3.05, 3.63) is 132 Å². The highest BCUT2D eigenvalue weighted by atomic mass is 16.5. The third kappa shape index (κ3) is 9.85. The molecule has 1 unspecified atom stereocenters. The van der Waals surface area contributed by atoms with Crippen molar-refractivity contribution in [1.29, 1.82) is 0 Å². The van der Waals surface area contributed by atoms with E-state index < -0.39 is 5.06 Å². The first kappa shape index (κ1) is 37.7. The lowest BCUT2D eigenvalue weighted by Crippen LogP contribution is -2.96. The SMILES string of the molecule is CCC(C)(C)O/C(C=C(C)C)=C/C=C(\C)C1=CC=C(Oc2ccc([NH+]([O-])c3ccc(C(C)(C)CC)c(N=O)c3)cc2N=O)CC(N=O)=C1. The molecule has 0 spiro atoms. The number of ether oxygens (including phenoxy) is 2. The maximum absolute atomic E-state index is 13.4. The summed E-state index contributed by atoms with van der Waals surface area (Å²) in [5, 5.41) is 22.4. The predicted octanol–water partition coefficient (Wildman–Crippen LogP) is 10.8. The average molecular weight is 655 g/mol. The highest BCUT2D eigenvalue weighted by Crippen LogP contribution is 2.37. The first-order valence-electron chi connectivity index (χ1n) is 16.0. The van der Waals surface area contributed by atoms with Gasteiger partial charge in [-0.15, -0.1) is 14.7 Å². The van der Waals surface area contributed by atoms with E-state index in [1.165, 1.54) is 24.3 Å². The normalized spacial score (nSPS) is 14.9. The van der Waals surface area contributed by atoms with E-state index in [2.05, 4.69) is 22.5 Å². The van der Waals surface area contributed by atoms with E-state index in [0.29, 0.717) is 5.76 Å². The van der Waals surface area contributed by atoms with Crippen molar-refractivity contribution in [2.45, 2.75) is 92.6 Å². The molecule has 0 bridgehead atoms. The molecule has 1 aliphatic carbocycles. The Labute approximate surface area is 283 Å². The third-order valence-electron chi connectivity index (χ3n) is 8.40. The number of benzene rings is 2. The monoisotopic (exact) mass is 654 g/mol. The molecule has 1 N–H and O–H groups in total. The van der Waals surface area contributed by atoms with Crippen LogP contribution in [0, 0.1) is 19.9 Å². The molecule has 254 valence electrons. The number of rotatable bonds is 15. The largest absolute Gasteiger partial charge is 0.623 e. The van der Waals surface area contributed by atoms with Crippen molar-refractivity contribution in [3.8, 4) is 5.75 Å². The van der Waals surface area contributed by atoms with Crippen LogP contribution in [0.5, 0.6) is 5.75 Å². The number of nitrogens with one attached hydrogen (secondary N) is 1. The number of hydrogen-bond donors (Lipinski definition) is 1. The van der Waals surface area contributed by atoms with Crippen LogP contribution < -0.4 is 9.80 Å². The molecule has 0 saturated heterocycles. The minimum absolute atomic E-state index is 0.0738. The van der Waals surface area contributed by atoms with Crippen LogP contribution in [-0.2, 0) is 10.2 Å². The Morgan fingerprint density at radius 2 is 1.52 bits per heavy atom. The maximum Gasteiger partial charge on any atom is 0.156 e. The summed E-state index contributed by atoms with van der Waals surface area (Å²) in [5.41, 5.74) is 3.62. The Morgan fingerprint density at radius 1 is 0.875 bits per heavy atom. The van der Waals surface area contributed by atoms with Gasteiger partial charge in [0.15, 0.2) is 11.4 Å². The zero-order chi connectivity index (χ0) is 35.6. The van der Waals surface area contributed by atoms with E-state index in [-0.39, 0.29) is 51.6 Å². The van der Waals surface area contributed by atoms with Crippen LogP contribution in [0.25, 0.3) is 0 Å². The van der Waals surface area contributed by atoms with Crippen LogP contribution in [0.4, 0.5) is 22.7 Å². The molecule has 0 fully saturated rings. The molecule has 0 radical (unpaired) electrons. The molecule has 1 aliphatic rings. The minimum atomic E-state index is -0.401. The lowest BCUT2D eigenvalue weighted by molar-refractivity contribution is -0.698. The van der Waals surface area contributed by atoms with Gasteiger partial charge in [-0.2, -0.15) is 0 Å². The van der Waals surface area contributed by atoms with Crippen LogP contribution in [0.2, 0.25) is 0 Å². The molecule has 3 rings (SSSR count). The van der Waals surface area contributed by atoms with Gasteiger partial charge in [0, 0.05) is 24.3 Å². The smallest absolute Gasteiger partial charge is 0.156 e. The summed E-state index contributed by atoms with van der Waals surface area (Å²) in [4.78, 5) is 35.2. The van der Waals surface area contributed by atoms with Gasteiger partial charge in [-0.05, 0) is 115 Å². The molecule has 0 heterocycles. The predicted molar refractivity (Wildman–Crippen MR) is 193 cm³/mol. The van der Waals surface area contributed by atoms with Crippen molar-refractivity contribution >= 4 is 22.7 Å². The summed E-state index contributed by atoms with van der Waals surface area (Å²) in [6.07, 6.45) is 12.7. The first-order chi connectivity index (χ1) is 22.7. The van der Waals surface area contributed by atoms with Gasteiger partial charge in [0.25, 0.3) is 0 Å². The molecular formula is C38H46N4O6. The molecule has 0 saturated carbocycles. The van der Waals surface area contributed by atoms with Crippen LogP contribution in [0.1, 0.15) is 87.1 Å². The maximum atomic E-state index is 13.4. The fourth-order valence-electron chi connectivity index (χ4n) is 4.80. The number of allylic oxidation sites excluding steroid dienone is 9. The van der Waals surface area contributed by atoms with E-state index in [4.69, 9.17) is 9.47 Å². The Hall–Kier alpha value is -4.80. The zero-order valence-corrected chi connectivity index (χ0v) is 29.3. The molecule has 1 atom stereocenters. The second-order valence-electron chi connectivity index (χ2n) is 13.3. The van der Waals surface area contributed by atoms with Crippen molar-refractivity contribution in [2.75, 3.05) is 0 Å². The summed E-state index contributed by atoms with van der Waals surface area (Å²) in [7, 11) is 0. The first-order valence-corrected chi connectivity index (χ1v) is 16.0. The van der Waals surface area contributed by atoms with Gasteiger partial charge in [-0.3, -0.25) is 0 Å². The molecule has 2 aromatic carbocycles. The molecule has 0 amide bonds. The Balaban J connectivity index is 1.90. The summed E-state index contributed by atoms with van der Waals surface area (Å²) in [6, 6.07) is 9.19. The summed E-state index contributed by atoms with van der Waals surface area (Å²) >= 11 is 0. The molecule has 0 aromatic heterocycles. The standard InChI is InChI=1S/C38H46N4O6/c1-10-37(6,7)33-18-14-29(23-34(33)40-44)42(46)30-15-19-36(35(24-30)41-45)47-31-17-13-27(21-28(22-31)39-43)26(5)12-16-32(20-25(3)4)48-38(8,9)11-2/h12-21,23-24,42H,10-11,22H2,1-9H3/b26-12+,32-16+. The third-order valence-corrected chi connectivity index (χ3v) is 8.40. The Kier molecular flexibility index (Phi) is 12.8. The molecule has 48 heavy (non-hydrogen) atoms. The van der Waals surface area contributed by atoms with Gasteiger partial charge in [0.05, 0.1) is 12.1 Å². The second-order valence-corrected chi connectivity index (χ2v) is 13.3. The van der Waals surface area contributed by atoms with Gasteiger partial charge in [0.2, 0.25) is 0 Å². The Morgan fingerprint density at radius 3 is 2.10 bits per heavy atom. The average Bonchev–Trinajstić information content (AvgIpc) is 3.28. The molecule has 2 aromatic rings. The second kappa shape index (κ2) is 16.3. The van der Waals surface area contributed by atoms with Gasteiger partial charge in [-0.1, -0.05) is 51.5 Å². The molecule has 10 nitrogen and oxygen atoms in total. The van der Waals surface area contributed by atoms with Crippen LogP contribution in [-0.4, -0.2) is 5.60 Å². The van der Waals surface area contributed by atoms with E-state index >= 15 is 0 Å². The van der Waals surface area contributed by atoms with Gasteiger partial charge in [0.1, 0.15) is 34.2 Å². The highest BCUT2D eigenvalue weighted by molar-refractivity contribution is 5.61. The fourth-order valence-corrected chi connectivity index (χ4v) is 4.80. The number of nitroso groups, excluding NO2 is 3. The molecular weight excluding hydrogens is 608 g/mol. The van der Waals surface area contributed by atoms with Crippen molar-refractivity contribution in [3.63, 3.8) is 0 Å². The van der Waals surface area contributed by atoms with E-state index in [0.717, 1.165) is 40.9 Å². The van der Waals surface area contributed by atoms with Gasteiger partial charge >= 0.3 is 0 Å². The molecule has 10 heteroatoms. The number of hydrogen-bond acceptors (Lipinski definition) is 9. The topological polar surface area (TPSA) is 134 Å². The lowest BCUT2D eigenvalue weighted by Gasteiger charge is -2.26. The summed E-state index contributed by atoms with van der Waals surface area (Å²) < 4.78 is 12.2. The van der Waals surface area contributed by atoms with E-state index in [9.17, 15) is 19.9 Å². The van der Waals surface area contributed by atoms with Crippen molar-refractivity contribution in [1.82, 2.24) is 0 Å². The van der Waals surface area contributed by atoms with Crippen LogP contribution in [0.3, 0.4) is 0 Å².